The van der Waals surface area contributed by atoms with Crippen LogP contribution in [-0.4, -0.2) is 28.6 Å². The first-order valence-electron chi connectivity index (χ1n) is 6.66. The predicted octanol–water partition coefficient (Wildman–Crippen LogP) is 1.94. The van der Waals surface area contributed by atoms with Gasteiger partial charge in [0.25, 0.3) is 0 Å². The molecule has 5 heteroatoms. The van der Waals surface area contributed by atoms with Crippen molar-refractivity contribution in [1.82, 2.24) is 15.3 Å². The highest BCUT2D eigenvalue weighted by atomic mass is 16.5. The van der Waals surface area contributed by atoms with Crippen LogP contribution < -0.4 is 5.32 Å². The molecule has 1 aromatic heterocycles. The number of hydrogen-bond acceptors (Lipinski definition) is 3. The third-order valence-electron chi connectivity index (χ3n) is 3.27. The van der Waals surface area contributed by atoms with Crippen LogP contribution in [0, 0.1) is 0 Å². The number of carbonyl (C=O) groups excluding carboxylic acids is 1. The van der Waals surface area contributed by atoms with Gasteiger partial charge in [-0.25, -0.2) is 4.98 Å². The number of imidazole rings is 1. The minimum Gasteiger partial charge on any atom is -0.378 e. The largest absolute Gasteiger partial charge is 0.378 e. The highest BCUT2D eigenvalue weighted by molar-refractivity contribution is 5.76. The third kappa shape index (κ3) is 3.84. The van der Waals surface area contributed by atoms with Gasteiger partial charge in [0.1, 0.15) is 5.82 Å². The van der Waals surface area contributed by atoms with Crippen molar-refractivity contribution < 1.29 is 9.53 Å². The van der Waals surface area contributed by atoms with E-state index >= 15 is 0 Å². The Labute approximate surface area is 107 Å². The summed E-state index contributed by atoms with van der Waals surface area (Å²) in [7, 11) is 0. The lowest BCUT2D eigenvalue weighted by molar-refractivity contribution is -0.122. The van der Waals surface area contributed by atoms with Crippen LogP contribution in [0.5, 0.6) is 0 Å². The molecule has 0 saturated carbocycles. The van der Waals surface area contributed by atoms with E-state index < -0.39 is 0 Å². The molecule has 100 valence electrons. The van der Waals surface area contributed by atoms with Crippen molar-refractivity contribution >= 4 is 5.91 Å². The zero-order valence-electron chi connectivity index (χ0n) is 10.8. The standard InChI is InChI=1S/C13H21N3O2/c1-10(13-14-7-8-15-13)16-12(17)6-5-11-4-2-3-9-18-11/h7-8,10-11H,2-6,9H2,1H3,(H,14,15)(H,16,17). The Morgan fingerprint density at radius 1 is 1.67 bits per heavy atom. The Morgan fingerprint density at radius 2 is 2.56 bits per heavy atom. The quantitative estimate of drug-likeness (QED) is 0.840. The van der Waals surface area contributed by atoms with E-state index in [1.807, 2.05) is 6.92 Å². The summed E-state index contributed by atoms with van der Waals surface area (Å²) in [6, 6.07) is -0.0697. The second-order valence-corrected chi connectivity index (χ2v) is 4.79. The van der Waals surface area contributed by atoms with Gasteiger partial charge in [-0.1, -0.05) is 0 Å². The van der Waals surface area contributed by atoms with E-state index in [4.69, 9.17) is 4.74 Å². The van der Waals surface area contributed by atoms with Gasteiger partial charge >= 0.3 is 0 Å². The Bertz CT molecular complexity index is 358. The zero-order valence-corrected chi connectivity index (χ0v) is 10.8. The van der Waals surface area contributed by atoms with Crippen LogP contribution in [0.1, 0.15) is 50.9 Å². The maximum absolute atomic E-state index is 11.8. The molecule has 5 nitrogen and oxygen atoms in total. The van der Waals surface area contributed by atoms with Crippen LogP contribution in [0.2, 0.25) is 0 Å². The van der Waals surface area contributed by atoms with Gasteiger partial charge in [0.2, 0.25) is 5.91 Å². The van der Waals surface area contributed by atoms with Crippen molar-refractivity contribution in [3.8, 4) is 0 Å². The van der Waals surface area contributed by atoms with Crippen molar-refractivity contribution in [2.45, 2.75) is 51.2 Å². The molecule has 18 heavy (non-hydrogen) atoms. The van der Waals surface area contributed by atoms with E-state index in [2.05, 4.69) is 15.3 Å². The van der Waals surface area contributed by atoms with E-state index in [9.17, 15) is 4.79 Å². The number of carbonyl (C=O) groups is 1. The molecule has 2 atom stereocenters. The molecule has 0 bridgehead atoms. The molecule has 2 N–H and O–H groups in total. The third-order valence-corrected chi connectivity index (χ3v) is 3.27. The molecule has 1 saturated heterocycles. The van der Waals surface area contributed by atoms with Crippen molar-refractivity contribution in [1.29, 1.82) is 0 Å². The summed E-state index contributed by atoms with van der Waals surface area (Å²) in [5.74, 6) is 0.852. The van der Waals surface area contributed by atoms with Crippen molar-refractivity contribution in [2.75, 3.05) is 6.61 Å². The topological polar surface area (TPSA) is 67.0 Å². The summed E-state index contributed by atoms with van der Waals surface area (Å²) in [6.45, 7) is 2.77. The summed E-state index contributed by atoms with van der Waals surface area (Å²) >= 11 is 0. The molecular formula is C13H21N3O2. The molecule has 0 aromatic carbocycles. The van der Waals surface area contributed by atoms with Crippen molar-refractivity contribution in [3.05, 3.63) is 18.2 Å². The lowest BCUT2D eigenvalue weighted by atomic mass is 10.0. The number of nitrogens with zero attached hydrogens (tertiary/aromatic N) is 1. The van der Waals surface area contributed by atoms with Crippen LogP contribution >= 0.6 is 0 Å². The van der Waals surface area contributed by atoms with Crippen LogP contribution in [-0.2, 0) is 9.53 Å². The van der Waals surface area contributed by atoms with Gasteiger partial charge in [0.05, 0.1) is 12.1 Å². The van der Waals surface area contributed by atoms with E-state index in [-0.39, 0.29) is 18.1 Å². The molecule has 1 aromatic rings. The van der Waals surface area contributed by atoms with Gasteiger partial charge in [-0.2, -0.15) is 0 Å². The first-order chi connectivity index (χ1) is 8.75. The van der Waals surface area contributed by atoms with E-state index in [1.54, 1.807) is 12.4 Å². The fraction of sp³-hybridized carbons (Fsp3) is 0.692. The van der Waals surface area contributed by atoms with E-state index in [1.165, 1.54) is 6.42 Å². The summed E-state index contributed by atoms with van der Waals surface area (Å²) < 4.78 is 5.61. The number of H-pyrrole nitrogens is 1. The van der Waals surface area contributed by atoms with Gasteiger partial charge < -0.3 is 15.0 Å². The monoisotopic (exact) mass is 251 g/mol. The van der Waals surface area contributed by atoms with Crippen LogP contribution in [0.25, 0.3) is 0 Å². The lowest BCUT2D eigenvalue weighted by Gasteiger charge is -2.22. The highest BCUT2D eigenvalue weighted by Crippen LogP contribution is 2.17. The molecule has 1 amide bonds. The molecule has 2 unspecified atom stereocenters. The smallest absolute Gasteiger partial charge is 0.220 e. The normalized spacial score (nSPS) is 21.5. The SMILES string of the molecule is CC(NC(=O)CCC1CCCCO1)c1ncc[nH]1. The molecule has 1 aliphatic heterocycles. The zero-order chi connectivity index (χ0) is 12.8. The highest BCUT2D eigenvalue weighted by Gasteiger charge is 2.16. The predicted molar refractivity (Wildman–Crippen MR) is 68.0 cm³/mol. The Hall–Kier alpha value is -1.36. The average Bonchev–Trinajstić information content (AvgIpc) is 2.91. The van der Waals surface area contributed by atoms with Gasteiger partial charge in [-0.3, -0.25) is 4.79 Å². The number of aromatic nitrogens is 2. The fourth-order valence-electron chi connectivity index (χ4n) is 2.22. The first kappa shape index (κ1) is 13.1. The van der Waals surface area contributed by atoms with Gasteiger partial charge in [-0.05, 0) is 32.6 Å². The fourth-order valence-corrected chi connectivity index (χ4v) is 2.22. The molecular weight excluding hydrogens is 230 g/mol. The molecule has 2 heterocycles. The van der Waals surface area contributed by atoms with Gasteiger partial charge in [0, 0.05) is 25.4 Å². The number of amides is 1. The van der Waals surface area contributed by atoms with Crippen LogP contribution in [0.3, 0.4) is 0 Å². The van der Waals surface area contributed by atoms with E-state index in [0.717, 1.165) is 31.7 Å². The van der Waals surface area contributed by atoms with Gasteiger partial charge in [0.15, 0.2) is 0 Å². The number of ether oxygens (including phenoxy) is 1. The second-order valence-electron chi connectivity index (χ2n) is 4.79. The Morgan fingerprint density at radius 3 is 3.22 bits per heavy atom. The molecule has 0 spiro atoms. The Balaban J connectivity index is 1.68. The molecule has 1 fully saturated rings. The summed E-state index contributed by atoms with van der Waals surface area (Å²) in [5, 5.41) is 2.93. The molecule has 0 aliphatic carbocycles. The number of hydrogen-bond donors (Lipinski definition) is 2. The molecule has 1 aliphatic rings. The maximum Gasteiger partial charge on any atom is 0.220 e. The second kappa shape index (κ2) is 6.54. The summed E-state index contributed by atoms with van der Waals surface area (Å²) in [5.41, 5.74) is 0. The molecule has 2 rings (SSSR count). The van der Waals surface area contributed by atoms with E-state index in [0.29, 0.717) is 6.42 Å². The van der Waals surface area contributed by atoms with Gasteiger partial charge in [-0.15, -0.1) is 0 Å². The minimum absolute atomic E-state index is 0.0630. The lowest BCUT2D eigenvalue weighted by Crippen LogP contribution is -2.29. The summed E-state index contributed by atoms with van der Waals surface area (Å²) in [4.78, 5) is 18.9. The number of aromatic amines is 1. The molecule has 0 radical (unpaired) electrons. The maximum atomic E-state index is 11.8. The number of nitrogens with one attached hydrogen (secondary N) is 2. The first-order valence-corrected chi connectivity index (χ1v) is 6.66. The van der Waals surface area contributed by atoms with Crippen molar-refractivity contribution in [3.63, 3.8) is 0 Å². The van der Waals surface area contributed by atoms with Crippen molar-refractivity contribution in [2.24, 2.45) is 0 Å². The summed E-state index contributed by atoms with van der Waals surface area (Å²) in [6.07, 6.45) is 8.51. The minimum atomic E-state index is -0.0697. The van der Waals surface area contributed by atoms with Crippen LogP contribution in [0.15, 0.2) is 12.4 Å². The van der Waals surface area contributed by atoms with Crippen LogP contribution in [0.4, 0.5) is 0 Å². The number of rotatable bonds is 5. The average molecular weight is 251 g/mol. The Kier molecular flexibility index (Phi) is 4.75.